The van der Waals surface area contributed by atoms with Gasteiger partial charge in [-0.25, -0.2) is 13.1 Å². The van der Waals surface area contributed by atoms with Crippen LogP contribution in [0.4, 0.5) is 0 Å². The van der Waals surface area contributed by atoms with Crippen LogP contribution in [0.2, 0.25) is 0 Å². The van der Waals surface area contributed by atoms with E-state index in [-0.39, 0.29) is 17.5 Å². The number of hydrogen-bond donors (Lipinski definition) is 2. The van der Waals surface area contributed by atoms with Crippen molar-refractivity contribution < 1.29 is 13.5 Å². The van der Waals surface area contributed by atoms with E-state index in [1.54, 1.807) is 25.1 Å². The molecule has 2 N–H and O–H groups in total. The summed E-state index contributed by atoms with van der Waals surface area (Å²) in [6.45, 7) is 3.43. The highest BCUT2D eigenvalue weighted by Gasteiger charge is 2.19. The van der Waals surface area contributed by atoms with Gasteiger partial charge in [0.25, 0.3) is 0 Å². The van der Waals surface area contributed by atoms with E-state index in [1.807, 2.05) is 6.92 Å². The van der Waals surface area contributed by atoms with Crippen LogP contribution in [0.25, 0.3) is 0 Å². The van der Waals surface area contributed by atoms with Crippen molar-refractivity contribution >= 4 is 10.0 Å². The van der Waals surface area contributed by atoms with E-state index in [9.17, 15) is 8.42 Å². The number of sulfonamides is 1. The fourth-order valence-electron chi connectivity index (χ4n) is 1.31. The first-order chi connectivity index (χ1) is 7.51. The first-order valence-corrected chi connectivity index (χ1v) is 6.70. The number of benzene rings is 1. The molecule has 1 aromatic rings. The third-order valence-electron chi connectivity index (χ3n) is 2.40. The highest BCUT2D eigenvalue weighted by atomic mass is 32.2. The molecule has 1 unspecified atom stereocenters. The molecule has 0 amide bonds. The molecule has 1 aromatic carbocycles. The van der Waals surface area contributed by atoms with E-state index in [4.69, 9.17) is 5.11 Å². The topological polar surface area (TPSA) is 66.4 Å². The summed E-state index contributed by atoms with van der Waals surface area (Å²) in [7, 11) is -3.52. The molecule has 16 heavy (non-hydrogen) atoms. The summed E-state index contributed by atoms with van der Waals surface area (Å²) in [6, 6.07) is 6.33. The van der Waals surface area contributed by atoms with Gasteiger partial charge in [0, 0.05) is 6.04 Å². The summed E-state index contributed by atoms with van der Waals surface area (Å²) in [6.07, 6.45) is 0.723. The number of rotatable bonds is 5. The van der Waals surface area contributed by atoms with E-state index in [0.717, 1.165) is 6.42 Å². The summed E-state index contributed by atoms with van der Waals surface area (Å²) in [5.41, 5.74) is 0.415. The van der Waals surface area contributed by atoms with Gasteiger partial charge in [0.05, 0.1) is 11.5 Å². The molecule has 4 nitrogen and oxygen atoms in total. The summed E-state index contributed by atoms with van der Waals surface area (Å²) in [5.74, 6) is 0. The second kappa shape index (κ2) is 5.43. The molecular formula is C11H17NO3S. The monoisotopic (exact) mass is 243 g/mol. The zero-order valence-electron chi connectivity index (χ0n) is 9.47. The molecule has 0 bridgehead atoms. The van der Waals surface area contributed by atoms with Crippen molar-refractivity contribution in [2.45, 2.75) is 37.8 Å². The molecule has 0 aromatic heterocycles. The van der Waals surface area contributed by atoms with E-state index in [0.29, 0.717) is 5.56 Å². The Kier molecular flexibility index (Phi) is 4.46. The van der Waals surface area contributed by atoms with Crippen LogP contribution >= 0.6 is 0 Å². The van der Waals surface area contributed by atoms with Crippen LogP contribution in [0.3, 0.4) is 0 Å². The van der Waals surface area contributed by atoms with Gasteiger partial charge in [-0.05, 0) is 25.0 Å². The highest BCUT2D eigenvalue weighted by Crippen LogP contribution is 2.15. The number of aliphatic hydroxyl groups is 1. The SMILES string of the molecule is CCC(C)NS(=O)(=O)c1ccccc1CO. The third kappa shape index (κ3) is 3.04. The van der Waals surface area contributed by atoms with Gasteiger partial charge in [0.1, 0.15) is 0 Å². The lowest BCUT2D eigenvalue weighted by atomic mass is 10.2. The van der Waals surface area contributed by atoms with E-state index < -0.39 is 10.0 Å². The second-order valence-electron chi connectivity index (χ2n) is 3.70. The molecule has 0 aliphatic carbocycles. The van der Waals surface area contributed by atoms with Gasteiger partial charge in [0.2, 0.25) is 10.0 Å². The molecule has 0 saturated heterocycles. The van der Waals surface area contributed by atoms with Crippen LogP contribution in [0.15, 0.2) is 29.2 Å². The fourth-order valence-corrected chi connectivity index (χ4v) is 2.87. The fraction of sp³-hybridized carbons (Fsp3) is 0.455. The lowest BCUT2D eigenvalue weighted by Gasteiger charge is -2.14. The Balaban J connectivity index is 3.07. The zero-order valence-corrected chi connectivity index (χ0v) is 10.3. The van der Waals surface area contributed by atoms with E-state index >= 15 is 0 Å². The average Bonchev–Trinajstić information content (AvgIpc) is 2.28. The molecule has 90 valence electrons. The van der Waals surface area contributed by atoms with Gasteiger partial charge in [-0.3, -0.25) is 0 Å². The summed E-state index contributed by atoms with van der Waals surface area (Å²) < 4.78 is 26.5. The van der Waals surface area contributed by atoms with Crippen LogP contribution in [-0.2, 0) is 16.6 Å². The molecule has 1 rings (SSSR count). The predicted molar refractivity (Wildman–Crippen MR) is 62.4 cm³/mol. The van der Waals surface area contributed by atoms with Crippen molar-refractivity contribution in [2.24, 2.45) is 0 Å². The Bertz CT molecular complexity index is 442. The number of aliphatic hydroxyl groups excluding tert-OH is 1. The van der Waals surface area contributed by atoms with Gasteiger partial charge in [0.15, 0.2) is 0 Å². The van der Waals surface area contributed by atoms with E-state index in [2.05, 4.69) is 4.72 Å². The normalized spacial score (nSPS) is 13.7. The van der Waals surface area contributed by atoms with E-state index in [1.165, 1.54) is 6.07 Å². The van der Waals surface area contributed by atoms with Crippen molar-refractivity contribution in [1.29, 1.82) is 0 Å². The quantitative estimate of drug-likeness (QED) is 0.818. The highest BCUT2D eigenvalue weighted by molar-refractivity contribution is 7.89. The Morgan fingerprint density at radius 2 is 2.00 bits per heavy atom. The minimum absolute atomic E-state index is 0.114. The Labute approximate surface area is 96.4 Å². The van der Waals surface area contributed by atoms with Crippen molar-refractivity contribution in [3.05, 3.63) is 29.8 Å². The summed E-state index contributed by atoms with van der Waals surface area (Å²) in [5, 5.41) is 9.08. The van der Waals surface area contributed by atoms with Gasteiger partial charge in [-0.1, -0.05) is 25.1 Å². The number of hydrogen-bond acceptors (Lipinski definition) is 3. The second-order valence-corrected chi connectivity index (χ2v) is 5.38. The molecule has 0 heterocycles. The van der Waals surface area contributed by atoms with Gasteiger partial charge < -0.3 is 5.11 Å². The summed E-state index contributed by atoms with van der Waals surface area (Å²) >= 11 is 0. The number of nitrogens with one attached hydrogen (secondary N) is 1. The van der Waals surface area contributed by atoms with Crippen LogP contribution < -0.4 is 4.72 Å². The molecule has 0 radical (unpaired) electrons. The minimum atomic E-state index is -3.52. The molecular weight excluding hydrogens is 226 g/mol. The maximum Gasteiger partial charge on any atom is 0.241 e. The van der Waals surface area contributed by atoms with Crippen molar-refractivity contribution in [2.75, 3.05) is 0 Å². The lowest BCUT2D eigenvalue weighted by molar-refractivity contribution is 0.278. The van der Waals surface area contributed by atoms with Crippen LogP contribution in [0.5, 0.6) is 0 Å². The van der Waals surface area contributed by atoms with Crippen LogP contribution in [-0.4, -0.2) is 19.6 Å². The Hall–Kier alpha value is -0.910. The van der Waals surface area contributed by atoms with Crippen molar-refractivity contribution in [3.63, 3.8) is 0 Å². The predicted octanol–water partition coefficient (Wildman–Crippen LogP) is 1.26. The molecule has 0 saturated carbocycles. The van der Waals surface area contributed by atoms with Crippen LogP contribution in [0, 0.1) is 0 Å². The Morgan fingerprint density at radius 1 is 1.38 bits per heavy atom. The maximum absolute atomic E-state index is 12.0. The standard InChI is InChI=1S/C11H17NO3S/c1-3-9(2)12-16(14,15)11-7-5-4-6-10(11)8-13/h4-7,9,12-13H,3,8H2,1-2H3. The van der Waals surface area contributed by atoms with Gasteiger partial charge in [-0.15, -0.1) is 0 Å². The average molecular weight is 243 g/mol. The zero-order chi connectivity index (χ0) is 12.2. The van der Waals surface area contributed by atoms with Crippen LogP contribution in [0.1, 0.15) is 25.8 Å². The molecule has 5 heteroatoms. The third-order valence-corrected chi connectivity index (χ3v) is 4.09. The smallest absolute Gasteiger partial charge is 0.241 e. The van der Waals surface area contributed by atoms with Gasteiger partial charge in [-0.2, -0.15) is 0 Å². The molecule has 0 aliphatic rings. The largest absolute Gasteiger partial charge is 0.392 e. The Morgan fingerprint density at radius 3 is 2.56 bits per heavy atom. The summed E-state index contributed by atoms with van der Waals surface area (Å²) in [4.78, 5) is 0.151. The first-order valence-electron chi connectivity index (χ1n) is 5.22. The van der Waals surface area contributed by atoms with Gasteiger partial charge >= 0.3 is 0 Å². The lowest BCUT2D eigenvalue weighted by Crippen LogP contribution is -2.32. The molecule has 0 aliphatic heterocycles. The first kappa shape index (κ1) is 13.2. The molecule has 0 spiro atoms. The minimum Gasteiger partial charge on any atom is -0.392 e. The van der Waals surface area contributed by atoms with Crippen molar-refractivity contribution in [3.8, 4) is 0 Å². The van der Waals surface area contributed by atoms with Crippen molar-refractivity contribution in [1.82, 2.24) is 4.72 Å². The maximum atomic E-state index is 12.0. The molecule has 1 atom stereocenters. The molecule has 0 fully saturated rings.